The van der Waals surface area contributed by atoms with Gasteiger partial charge in [0.1, 0.15) is 5.75 Å². The Morgan fingerprint density at radius 3 is 2.48 bits per heavy atom. The highest BCUT2D eigenvalue weighted by atomic mass is 16.5. The summed E-state index contributed by atoms with van der Waals surface area (Å²) in [6.07, 6.45) is 2.85. The van der Waals surface area contributed by atoms with Crippen molar-refractivity contribution in [1.29, 1.82) is 0 Å². The Kier molecular flexibility index (Phi) is 4.14. The van der Waals surface area contributed by atoms with Gasteiger partial charge in [0.15, 0.2) is 11.5 Å². The topological polar surface area (TPSA) is 70.4 Å². The first-order valence-corrected chi connectivity index (χ1v) is 7.53. The highest BCUT2D eigenvalue weighted by Crippen LogP contribution is 2.27. The lowest BCUT2D eigenvalue weighted by Crippen LogP contribution is -2.09. The van der Waals surface area contributed by atoms with Gasteiger partial charge in [-0.3, -0.25) is 4.79 Å². The molecule has 23 heavy (non-hydrogen) atoms. The lowest BCUT2D eigenvalue weighted by molar-refractivity contribution is 0.0589. The number of Topliss-reactive ketones (excluding diaryl/α,β-unsaturated/α-hetero) is 1. The average Bonchev–Trinajstić information content (AvgIpc) is 2.87. The Hall–Kier alpha value is -2.63. The van der Waals surface area contributed by atoms with E-state index in [2.05, 4.69) is 5.10 Å². The normalized spacial score (nSPS) is 14.1. The second-order valence-corrected chi connectivity index (χ2v) is 5.40. The van der Waals surface area contributed by atoms with E-state index in [4.69, 9.17) is 9.47 Å². The SMILES string of the molecule is COC(=O)c1nn(-c2ccc(OC)cc2)c2c1C(=O)CCCC2. The van der Waals surface area contributed by atoms with Crippen molar-refractivity contribution >= 4 is 11.8 Å². The second kappa shape index (κ2) is 6.24. The predicted octanol–water partition coefficient (Wildman–Crippen LogP) is 2.58. The zero-order chi connectivity index (χ0) is 16.4. The van der Waals surface area contributed by atoms with E-state index in [0.29, 0.717) is 18.4 Å². The third-order valence-electron chi connectivity index (χ3n) is 4.02. The predicted molar refractivity (Wildman–Crippen MR) is 83.3 cm³/mol. The van der Waals surface area contributed by atoms with Crippen LogP contribution in [-0.4, -0.2) is 35.8 Å². The van der Waals surface area contributed by atoms with Crippen LogP contribution < -0.4 is 4.74 Å². The number of rotatable bonds is 3. The lowest BCUT2D eigenvalue weighted by Gasteiger charge is -2.08. The molecule has 0 spiro atoms. The molecule has 0 bridgehead atoms. The monoisotopic (exact) mass is 314 g/mol. The molecule has 6 nitrogen and oxygen atoms in total. The first-order valence-electron chi connectivity index (χ1n) is 7.53. The van der Waals surface area contributed by atoms with Crippen LogP contribution in [0.3, 0.4) is 0 Å². The van der Waals surface area contributed by atoms with Gasteiger partial charge in [0.05, 0.1) is 31.2 Å². The van der Waals surface area contributed by atoms with Gasteiger partial charge in [-0.05, 0) is 43.5 Å². The summed E-state index contributed by atoms with van der Waals surface area (Å²) in [6.45, 7) is 0. The molecule has 1 aromatic heterocycles. The van der Waals surface area contributed by atoms with Crippen LogP contribution in [0.1, 0.15) is 45.8 Å². The van der Waals surface area contributed by atoms with Gasteiger partial charge in [-0.1, -0.05) is 0 Å². The summed E-state index contributed by atoms with van der Waals surface area (Å²) in [7, 11) is 2.89. The molecule has 0 saturated carbocycles. The zero-order valence-corrected chi connectivity index (χ0v) is 13.2. The number of fused-ring (bicyclic) bond motifs is 1. The highest BCUT2D eigenvalue weighted by molar-refractivity contribution is 6.06. The van der Waals surface area contributed by atoms with Crippen molar-refractivity contribution in [2.75, 3.05) is 14.2 Å². The van der Waals surface area contributed by atoms with Gasteiger partial charge in [-0.25, -0.2) is 9.48 Å². The maximum absolute atomic E-state index is 12.4. The summed E-state index contributed by atoms with van der Waals surface area (Å²) in [4.78, 5) is 24.4. The number of hydrogen-bond donors (Lipinski definition) is 0. The van der Waals surface area contributed by atoms with Crippen molar-refractivity contribution in [3.05, 3.63) is 41.2 Å². The van der Waals surface area contributed by atoms with Gasteiger partial charge in [0.25, 0.3) is 0 Å². The number of ether oxygens (including phenoxy) is 2. The first kappa shape index (κ1) is 15.3. The summed E-state index contributed by atoms with van der Waals surface area (Å²) in [5.74, 6) is 0.109. The molecule has 6 heteroatoms. The summed E-state index contributed by atoms with van der Waals surface area (Å²) in [5.41, 5.74) is 2.07. The minimum atomic E-state index is -0.580. The maximum atomic E-state index is 12.4. The molecule has 0 N–H and O–H groups in total. The van der Waals surface area contributed by atoms with E-state index >= 15 is 0 Å². The largest absolute Gasteiger partial charge is 0.497 e. The number of methoxy groups -OCH3 is 2. The fourth-order valence-corrected chi connectivity index (χ4v) is 2.86. The molecule has 3 rings (SSSR count). The van der Waals surface area contributed by atoms with Crippen LogP contribution in [0.2, 0.25) is 0 Å². The van der Waals surface area contributed by atoms with Gasteiger partial charge in [-0.15, -0.1) is 0 Å². The first-order chi connectivity index (χ1) is 11.2. The van der Waals surface area contributed by atoms with Crippen LogP contribution in [0.5, 0.6) is 5.75 Å². The lowest BCUT2D eigenvalue weighted by atomic mass is 10.1. The Balaban J connectivity index is 2.16. The summed E-state index contributed by atoms with van der Waals surface area (Å²) in [6, 6.07) is 7.34. The van der Waals surface area contributed by atoms with Crippen molar-refractivity contribution in [1.82, 2.24) is 9.78 Å². The minimum absolute atomic E-state index is 0.0438. The van der Waals surface area contributed by atoms with Crippen molar-refractivity contribution in [3.63, 3.8) is 0 Å². The van der Waals surface area contributed by atoms with Crippen molar-refractivity contribution in [2.24, 2.45) is 0 Å². The highest BCUT2D eigenvalue weighted by Gasteiger charge is 2.30. The molecule has 2 aromatic rings. The van der Waals surface area contributed by atoms with E-state index in [-0.39, 0.29) is 11.5 Å². The van der Waals surface area contributed by atoms with Gasteiger partial charge >= 0.3 is 5.97 Å². The van der Waals surface area contributed by atoms with E-state index in [1.165, 1.54) is 7.11 Å². The molecular formula is C17H18N2O4. The Bertz CT molecular complexity index is 747. The number of esters is 1. The second-order valence-electron chi connectivity index (χ2n) is 5.40. The van der Waals surface area contributed by atoms with Gasteiger partial charge < -0.3 is 9.47 Å². The van der Waals surface area contributed by atoms with Crippen LogP contribution in [-0.2, 0) is 11.2 Å². The maximum Gasteiger partial charge on any atom is 0.359 e. The molecule has 1 aromatic carbocycles. The molecule has 0 saturated heterocycles. The molecule has 1 aliphatic rings. The van der Waals surface area contributed by atoms with Crippen LogP contribution in [0.25, 0.3) is 5.69 Å². The van der Waals surface area contributed by atoms with E-state index in [9.17, 15) is 9.59 Å². The van der Waals surface area contributed by atoms with E-state index in [1.807, 2.05) is 24.3 Å². The molecule has 0 radical (unpaired) electrons. The van der Waals surface area contributed by atoms with Crippen molar-refractivity contribution < 1.29 is 19.1 Å². The number of benzene rings is 1. The van der Waals surface area contributed by atoms with Crippen molar-refractivity contribution in [2.45, 2.75) is 25.7 Å². The van der Waals surface area contributed by atoms with Crippen molar-refractivity contribution in [3.8, 4) is 11.4 Å². The van der Waals surface area contributed by atoms with E-state index in [1.54, 1.807) is 11.8 Å². The van der Waals surface area contributed by atoms with Crippen LogP contribution in [0.15, 0.2) is 24.3 Å². The van der Waals surface area contributed by atoms with Crippen LogP contribution >= 0.6 is 0 Å². The van der Waals surface area contributed by atoms with E-state index < -0.39 is 5.97 Å². The molecule has 0 fully saturated rings. The van der Waals surface area contributed by atoms with Crippen LogP contribution in [0, 0.1) is 0 Å². The number of carbonyl (C=O) groups excluding carboxylic acids is 2. The van der Waals surface area contributed by atoms with Crippen LogP contribution in [0.4, 0.5) is 0 Å². The zero-order valence-electron chi connectivity index (χ0n) is 13.2. The van der Waals surface area contributed by atoms with Gasteiger partial charge in [0, 0.05) is 6.42 Å². The molecule has 0 amide bonds. The van der Waals surface area contributed by atoms with E-state index in [0.717, 1.165) is 30.0 Å². The molecule has 0 unspecified atom stereocenters. The number of ketones is 1. The Labute approximate surface area is 134 Å². The van der Waals surface area contributed by atoms with Gasteiger partial charge in [-0.2, -0.15) is 5.10 Å². The molecular weight excluding hydrogens is 296 g/mol. The third kappa shape index (κ3) is 2.72. The fourth-order valence-electron chi connectivity index (χ4n) is 2.86. The number of aromatic nitrogens is 2. The van der Waals surface area contributed by atoms with Gasteiger partial charge in [0.2, 0.25) is 0 Å². The number of carbonyl (C=O) groups is 2. The number of nitrogens with zero attached hydrogens (tertiary/aromatic N) is 2. The molecule has 0 atom stereocenters. The number of hydrogen-bond acceptors (Lipinski definition) is 5. The molecule has 120 valence electrons. The summed E-state index contributed by atoms with van der Waals surface area (Å²) < 4.78 is 11.6. The quantitative estimate of drug-likeness (QED) is 0.643. The smallest absolute Gasteiger partial charge is 0.359 e. The minimum Gasteiger partial charge on any atom is -0.497 e. The molecule has 1 heterocycles. The Morgan fingerprint density at radius 2 is 1.83 bits per heavy atom. The summed E-state index contributed by atoms with van der Waals surface area (Å²) >= 11 is 0. The standard InChI is InChI=1S/C17H18N2O4/c1-22-12-9-7-11(8-10-12)19-13-5-3-4-6-14(20)15(13)16(18-19)17(21)23-2/h7-10H,3-6H2,1-2H3. The molecule has 1 aliphatic carbocycles. The fraction of sp³-hybridized carbons (Fsp3) is 0.353. The Morgan fingerprint density at radius 1 is 1.13 bits per heavy atom. The average molecular weight is 314 g/mol. The third-order valence-corrected chi connectivity index (χ3v) is 4.02. The molecule has 0 aliphatic heterocycles. The summed E-state index contributed by atoms with van der Waals surface area (Å²) in [5, 5.41) is 4.36.